The predicted octanol–water partition coefficient (Wildman–Crippen LogP) is 2.83. The number of fused-ring (bicyclic) bond motifs is 2. The fourth-order valence-corrected chi connectivity index (χ4v) is 10.2. The molecular formula is C60H88N2O19. The van der Waals surface area contributed by atoms with Crippen LogP contribution in [0.4, 0.5) is 5.69 Å². The molecule has 81 heavy (non-hydrogen) atoms. The summed E-state index contributed by atoms with van der Waals surface area (Å²) < 4.78 is 28.9. The first-order valence-electron chi connectivity index (χ1n) is 27.8. The number of nitrogens with two attached hydrogens (primary N) is 1. The first kappa shape index (κ1) is 68.4. The van der Waals surface area contributed by atoms with Crippen molar-refractivity contribution in [2.75, 3.05) is 19.5 Å². The molecule has 19 atom stereocenters. The molecule has 2 bridgehead atoms. The molecule has 4 rings (SSSR count). The van der Waals surface area contributed by atoms with Gasteiger partial charge in [-0.05, 0) is 69.2 Å². The Morgan fingerprint density at radius 1 is 0.728 bits per heavy atom. The van der Waals surface area contributed by atoms with Crippen molar-refractivity contribution >= 4 is 29.2 Å². The fourth-order valence-electron chi connectivity index (χ4n) is 10.2. The number of carbonyl (C=O) groups is 4. The lowest BCUT2D eigenvalue weighted by Gasteiger charge is -2.45. The highest BCUT2D eigenvalue weighted by Crippen LogP contribution is 2.39. The monoisotopic (exact) mass is 1140 g/mol. The number of ether oxygens (including phenoxy) is 5. The highest BCUT2D eigenvalue weighted by atomic mass is 16.7. The Morgan fingerprint density at radius 2 is 1.28 bits per heavy atom. The van der Waals surface area contributed by atoms with Crippen molar-refractivity contribution in [3.8, 4) is 0 Å². The molecule has 0 aliphatic carbocycles. The summed E-state index contributed by atoms with van der Waals surface area (Å²) >= 11 is 0. The summed E-state index contributed by atoms with van der Waals surface area (Å²) in [6.07, 6.45) is 2.92. The van der Waals surface area contributed by atoms with Crippen LogP contribution < -0.4 is 11.1 Å². The summed E-state index contributed by atoms with van der Waals surface area (Å²) in [5.74, 6) is -6.85. The molecule has 3 aliphatic heterocycles. The average molecular weight is 1140 g/mol. The number of hydrogen-bond acceptors (Lipinski definition) is 21. The molecule has 0 saturated carbocycles. The van der Waals surface area contributed by atoms with Gasteiger partial charge in [0.05, 0.1) is 86.7 Å². The number of rotatable bonds is 11. The van der Waals surface area contributed by atoms with E-state index >= 15 is 0 Å². The van der Waals surface area contributed by atoms with Gasteiger partial charge in [-0.1, -0.05) is 98.9 Å². The second kappa shape index (κ2) is 34.5. The van der Waals surface area contributed by atoms with Gasteiger partial charge in [-0.15, -0.1) is 0 Å². The van der Waals surface area contributed by atoms with E-state index in [1.165, 1.54) is 0 Å². The molecule has 0 aromatic heterocycles. The Hall–Kier alpha value is -5.08. The normalized spacial score (nSPS) is 37.7. The number of carbonyl (C=O) groups excluding carboxylic acids is 4. The van der Waals surface area contributed by atoms with Crippen LogP contribution in [0.1, 0.15) is 108 Å². The molecule has 3 heterocycles. The summed E-state index contributed by atoms with van der Waals surface area (Å²) in [6.45, 7) is 5.25. The van der Waals surface area contributed by atoms with E-state index in [1.54, 1.807) is 117 Å². The maximum Gasteiger partial charge on any atom is 0.313 e. The van der Waals surface area contributed by atoms with Crippen LogP contribution in [-0.2, 0) is 38.1 Å². The van der Waals surface area contributed by atoms with Gasteiger partial charge in [0.2, 0.25) is 0 Å². The second-order valence-corrected chi connectivity index (χ2v) is 21.6. The van der Waals surface area contributed by atoms with E-state index in [2.05, 4.69) is 5.32 Å². The number of anilines is 1. The summed E-state index contributed by atoms with van der Waals surface area (Å²) in [7, 11) is 2.88. The Bertz CT molecular complexity index is 2320. The molecule has 21 nitrogen and oxygen atoms in total. The lowest BCUT2D eigenvalue weighted by atomic mass is 9.82. The molecule has 14 unspecified atom stereocenters. The highest BCUT2D eigenvalue weighted by Gasteiger charge is 2.51. The minimum atomic E-state index is -2.29. The fraction of sp³-hybridized carbons (Fsp3) is 0.600. The molecule has 1 aromatic rings. The van der Waals surface area contributed by atoms with Crippen molar-refractivity contribution in [1.29, 1.82) is 0 Å². The Kier molecular flexibility index (Phi) is 29.1. The van der Waals surface area contributed by atoms with Crippen LogP contribution in [0.15, 0.2) is 109 Å². The van der Waals surface area contributed by atoms with Gasteiger partial charge in [0, 0.05) is 62.7 Å². The van der Waals surface area contributed by atoms with Crippen LogP contribution in [0, 0.1) is 17.8 Å². The SMILES string of the molecule is CNc1ccc(C(=O)CC(O)CCC(C)C2OC(=O)CC(O)CC(=O)CC(O)CC(O)CC(O)CC(O)CC3(O)CC(O)C(C(=O)OC)C(CC(O[C@@H]4O[C@H](C)[C@@H](O)[C@H](N)[C@@H]4O)/C=C/C=C/C=C/C=C/C=C/C=C\C=C\C2C)O3)cc1. The Balaban J connectivity index is 1.55. The number of allylic oxidation sites excluding steroid dienone is 12. The van der Waals surface area contributed by atoms with Gasteiger partial charge in [-0.25, -0.2) is 0 Å². The van der Waals surface area contributed by atoms with Crippen molar-refractivity contribution in [2.24, 2.45) is 23.5 Å². The third kappa shape index (κ3) is 23.6. The number of methoxy groups -OCH3 is 1. The number of aliphatic hydroxyl groups is 10. The maximum atomic E-state index is 13.3. The van der Waals surface area contributed by atoms with Gasteiger partial charge >= 0.3 is 11.9 Å². The van der Waals surface area contributed by atoms with Crippen LogP contribution >= 0.6 is 0 Å². The van der Waals surface area contributed by atoms with Gasteiger partial charge in [0.15, 0.2) is 17.9 Å². The molecule has 2 saturated heterocycles. The van der Waals surface area contributed by atoms with E-state index in [9.17, 15) is 70.2 Å². The molecule has 0 amide bonds. The topological polar surface area (TPSA) is 355 Å². The summed E-state index contributed by atoms with van der Waals surface area (Å²) in [4.78, 5) is 52.4. The molecule has 1 aromatic carbocycles. The first-order chi connectivity index (χ1) is 38.4. The van der Waals surface area contributed by atoms with E-state index in [1.807, 2.05) is 19.9 Å². The number of aliphatic hydroxyl groups excluding tert-OH is 9. The lowest BCUT2D eigenvalue weighted by Crippen LogP contribution is -2.61. The number of cyclic esters (lactones) is 1. The molecule has 2 fully saturated rings. The number of hydrogen-bond donors (Lipinski definition) is 12. The van der Waals surface area contributed by atoms with E-state index in [0.717, 1.165) is 12.8 Å². The van der Waals surface area contributed by atoms with Crippen molar-refractivity contribution in [2.45, 2.75) is 195 Å². The zero-order valence-corrected chi connectivity index (χ0v) is 47.0. The average Bonchev–Trinajstić information content (AvgIpc) is 3.43. The van der Waals surface area contributed by atoms with Gasteiger partial charge in [-0.3, -0.25) is 19.2 Å². The third-order valence-electron chi connectivity index (χ3n) is 14.6. The predicted molar refractivity (Wildman–Crippen MR) is 299 cm³/mol. The standard InChI is InChI=1S/C60H88N2O19/c1-36-18-16-14-12-10-8-6-7-9-11-13-15-17-19-48(79-59-56(74)54(61)55(73)38(3)78-59)33-51-53(58(75)77-5)50(71)35-60(76,81-51)34-47(69)30-45(67)28-43(65)26-42(64)27-44(66)29-46(68)32-52(72)80-57(36)37(2)20-25-41(63)31-49(70)39-21-23-40(62-4)24-22-39/h6-19,21-24,36-38,41-43,45-48,50-51,53-57,59,62-65,67-69,71,73-74,76H,20,25-35,61H2,1-5H3/b7-6+,10-8+,11-9+,14-12-,15-13+,18-16+,19-17+/t36?,37?,38-,41?,42?,43?,45?,46?,47?,48?,50?,51?,53?,54+,55-,56+,57?,59+,60?/m1/s1. The third-order valence-corrected chi connectivity index (χ3v) is 14.6. The van der Waals surface area contributed by atoms with Crippen molar-refractivity contribution in [3.05, 3.63) is 115 Å². The second-order valence-electron chi connectivity index (χ2n) is 21.6. The maximum absolute atomic E-state index is 13.3. The number of Topliss-reactive ketones (excluding diaryl/α,β-unsaturated/α-hetero) is 2. The van der Waals surface area contributed by atoms with Gasteiger partial charge in [0.25, 0.3) is 0 Å². The van der Waals surface area contributed by atoms with Gasteiger partial charge < -0.3 is 85.8 Å². The molecule has 21 heteroatoms. The molecule has 0 radical (unpaired) electrons. The highest BCUT2D eigenvalue weighted by molar-refractivity contribution is 5.96. The van der Waals surface area contributed by atoms with E-state index in [0.29, 0.717) is 12.0 Å². The minimum Gasteiger partial charge on any atom is -0.469 e. The lowest BCUT2D eigenvalue weighted by molar-refractivity contribution is -0.308. The minimum absolute atomic E-state index is 0.103. The van der Waals surface area contributed by atoms with Crippen molar-refractivity contribution < 1.29 is 93.9 Å². The van der Waals surface area contributed by atoms with Crippen LogP contribution in [-0.4, -0.2) is 186 Å². The van der Waals surface area contributed by atoms with E-state index in [-0.39, 0.29) is 49.7 Å². The molecule has 452 valence electrons. The molecule has 0 spiro atoms. The first-order valence-corrected chi connectivity index (χ1v) is 27.8. The van der Waals surface area contributed by atoms with Gasteiger partial charge in [-0.2, -0.15) is 0 Å². The van der Waals surface area contributed by atoms with Crippen LogP contribution in [0.25, 0.3) is 0 Å². The molecular weight excluding hydrogens is 1050 g/mol. The van der Waals surface area contributed by atoms with Gasteiger partial charge in [0.1, 0.15) is 23.9 Å². The number of esters is 2. The Labute approximate surface area is 474 Å². The van der Waals surface area contributed by atoms with Crippen LogP contribution in [0.3, 0.4) is 0 Å². The summed E-state index contributed by atoms with van der Waals surface area (Å²) in [6, 6.07) is 5.77. The molecule has 3 aliphatic rings. The van der Waals surface area contributed by atoms with Crippen molar-refractivity contribution in [1.82, 2.24) is 0 Å². The largest absolute Gasteiger partial charge is 0.469 e. The smallest absolute Gasteiger partial charge is 0.313 e. The number of benzene rings is 1. The summed E-state index contributed by atoms with van der Waals surface area (Å²) in [5, 5.41) is 113. The van der Waals surface area contributed by atoms with E-state index in [4.69, 9.17) is 29.4 Å². The number of nitrogens with one attached hydrogen (secondary N) is 1. The Morgan fingerprint density at radius 3 is 1.88 bits per heavy atom. The zero-order chi connectivity index (χ0) is 59.8. The summed E-state index contributed by atoms with van der Waals surface area (Å²) in [5.41, 5.74) is 7.39. The number of ketones is 2. The molecule has 13 N–H and O–H groups in total. The van der Waals surface area contributed by atoms with Crippen LogP contribution in [0.2, 0.25) is 0 Å². The zero-order valence-electron chi connectivity index (χ0n) is 47.0. The van der Waals surface area contributed by atoms with Crippen molar-refractivity contribution in [3.63, 3.8) is 0 Å². The van der Waals surface area contributed by atoms with E-state index < -0.39 is 160 Å². The van der Waals surface area contributed by atoms with Crippen LogP contribution in [0.5, 0.6) is 0 Å². The quantitative estimate of drug-likeness (QED) is 0.112.